The highest BCUT2D eigenvalue weighted by atomic mass is 19.1. The number of piperidine rings is 4. The van der Waals surface area contributed by atoms with Gasteiger partial charge in [-0.25, -0.2) is 4.39 Å². The molecular formula is C38H43FN8O7. The van der Waals surface area contributed by atoms with E-state index in [2.05, 4.69) is 20.2 Å². The summed E-state index contributed by atoms with van der Waals surface area (Å²) >= 11 is 0. The Bertz CT molecular complexity index is 2050. The summed E-state index contributed by atoms with van der Waals surface area (Å²) in [5.41, 5.74) is 2.67. The standard InChI is InChI=1S/C38H43FN8O7/c1-42-21-23(20-40-42)25-17-32(47(52)53)33(54-2)19-30(25)44-12-6-24(7-13-44)43-14-9-38(10-15-43)8-3-11-45(22-38)31-18-27-26(16-28(31)39)36(50)46(37(27)51)29-4-5-34(48)41-35(29)49/h16-21,24,29H,3-15,22H2,1-2H3,(H,41,48,49). The second-order valence-corrected chi connectivity index (χ2v) is 15.3. The monoisotopic (exact) mass is 742 g/mol. The zero-order valence-electron chi connectivity index (χ0n) is 30.4. The van der Waals surface area contributed by atoms with Crippen LogP contribution in [0.3, 0.4) is 0 Å². The first-order valence-electron chi connectivity index (χ1n) is 18.6. The molecule has 8 rings (SSSR count). The minimum absolute atomic E-state index is 0.00652. The molecule has 2 aromatic carbocycles. The number of carbonyl (C=O) groups is 4. The Hall–Kier alpha value is -5.38. The number of nitro groups is 1. The van der Waals surface area contributed by atoms with Crippen molar-refractivity contribution in [2.75, 3.05) is 56.2 Å². The van der Waals surface area contributed by atoms with E-state index < -0.39 is 40.4 Å². The zero-order valence-corrected chi connectivity index (χ0v) is 30.4. The molecule has 16 heteroatoms. The Kier molecular flexibility index (Phi) is 9.10. The van der Waals surface area contributed by atoms with Crippen LogP contribution in [0.4, 0.5) is 21.5 Å². The summed E-state index contributed by atoms with van der Waals surface area (Å²) in [4.78, 5) is 70.0. The number of likely N-dealkylation sites (tertiary alicyclic amines) is 1. The molecule has 1 unspecified atom stereocenters. The van der Waals surface area contributed by atoms with E-state index in [0.29, 0.717) is 24.8 Å². The molecule has 15 nitrogen and oxygen atoms in total. The molecule has 4 amide bonds. The molecule has 54 heavy (non-hydrogen) atoms. The number of ether oxygens (including phenoxy) is 1. The van der Waals surface area contributed by atoms with Gasteiger partial charge in [0.15, 0.2) is 5.75 Å². The van der Waals surface area contributed by atoms with Gasteiger partial charge in [-0.05, 0) is 75.6 Å². The predicted molar refractivity (Wildman–Crippen MR) is 195 cm³/mol. The maximum absolute atomic E-state index is 15.8. The molecule has 5 aliphatic heterocycles. The molecule has 4 saturated heterocycles. The first-order chi connectivity index (χ1) is 25.9. The number of aromatic nitrogens is 2. The lowest BCUT2D eigenvalue weighted by molar-refractivity contribution is -0.385. The highest BCUT2D eigenvalue weighted by Gasteiger charge is 2.46. The van der Waals surface area contributed by atoms with Crippen molar-refractivity contribution in [3.8, 4) is 16.9 Å². The van der Waals surface area contributed by atoms with Crippen LogP contribution in [0.15, 0.2) is 36.7 Å². The van der Waals surface area contributed by atoms with Crippen molar-refractivity contribution in [1.82, 2.24) is 24.9 Å². The number of rotatable bonds is 7. The van der Waals surface area contributed by atoms with Crippen LogP contribution in [-0.4, -0.2) is 107 Å². The summed E-state index contributed by atoms with van der Waals surface area (Å²) in [6.07, 6.45) is 9.33. The highest BCUT2D eigenvalue weighted by molar-refractivity contribution is 6.23. The Morgan fingerprint density at radius 3 is 2.28 bits per heavy atom. The lowest BCUT2D eigenvalue weighted by Crippen LogP contribution is -2.54. The number of imide groups is 2. The molecule has 0 saturated carbocycles. The Balaban J connectivity index is 0.922. The number of carbonyl (C=O) groups excluding carboxylic acids is 4. The predicted octanol–water partition coefficient (Wildman–Crippen LogP) is 3.90. The van der Waals surface area contributed by atoms with Gasteiger partial charge in [0.2, 0.25) is 11.8 Å². The molecule has 3 aromatic rings. The number of fused-ring (bicyclic) bond motifs is 1. The summed E-state index contributed by atoms with van der Waals surface area (Å²) in [7, 11) is 3.26. The van der Waals surface area contributed by atoms with Gasteiger partial charge in [0.25, 0.3) is 11.8 Å². The van der Waals surface area contributed by atoms with Crippen LogP contribution >= 0.6 is 0 Å². The molecule has 4 fully saturated rings. The molecule has 1 spiro atoms. The van der Waals surface area contributed by atoms with Gasteiger partial charge in [-0.1, -0.05) is 0 Å². The van der Waals surface area contributed by atoms with Gasteiger partial charge in [-0.2, -0.15) is 5.10 Å². The van der Waals surface area contributed by atoms with Crippen LogP contribution in [0.2, 0.25) is 0 Å². The minimum Gasteiger partial charge on any atom is -0.490 e. The van der Waals surface area contributed by atoms with Gasteiger partial charge in [0.1, 0.15) is 11.9 Å². The highest BCUT2D eigenvalue weighted by Crippen LogP contribution is 2.45. The van der Waals surface area contributed by atoms with Gasteiger partial charge in [0.05, 0.1) is 35.0 Å². The van der Waals surface area contributed by atoms with E-state index in [1.54, 1.807) is 23.0 Å². The number of aryl methyl sites for hydroxylation is 1. The Morgan fingerprint density at radius 1 is 0.907 bits per heavy atom. The number of amides is 4. The van der Waals surface area contributed by atoms with Crippen LogP contribution in [0, 0.1) is 21.3 Å². The summed E-state index contributed by atoms with van der Waals surface area (Å²) in [6, 6.07) is 5.24. The van der Waals surface area contributed by atoms with Crippen LogP contribution in [0.25, 0.3) is 11.1 Å². The Morgan fingerprint density at radius 2 is 1.63 bits per heavy atom. The van der Waals surface area contributed by atoms with Gasteiger partial charge in [0, 0.05) is 80.8 Å². The fourth-order valence-corrected chi connectivity index (χ4v) is 9.30. The molecule has 0 bridgehead atoms. The van der Waals surface area contributed by atoms with Crippen molar-refractivity contribution in [3.05, 3.63) is 63.7 Å². The Labute approximate surface area is 311 Å². The first kappa shape index (κ1) is 35.6. The number of nitrogens with zero attached hydrogens (tertiary/aromatic N) is 7. The van der Waals surface area contributed by atoms with Crippen molar-refractivity contribution in [2.45, 2.75) is 63.5 Å². The van der Waals surface area contributed by atoms with E-state index in [-0.39, 0.29) is 40.8 Å². The summed E-state index contributed by atoms with van der Waals surface area (Å²) in [5, 5.41) is 18.3. The van der Waals surface area contributed by atoms with Gasteiger partial charge in [-0.3, -0.25) is 44.2 Å². The van der Waals surface area contributed by atoms with Crippen molar-refractivity contribution in [3.63, 3.8) is 0 Å². The van der Waals surface area contributed by atoms with E-state index in [9.17, 15) is 29.3 Å². The average molecular weight is 743 g/mol. The number of halogens is 1. The van der Waals surface area contributed by atoms with Crippen LogP contribution in [-0.2, 0) is 16.6 Å². The third-order valence-corrected chi connectivity index (χ3v) is 12.2. The minimum atomic E-state index is -1.10. The molecule has 1 atom stereocenters. The number of anilines is 2. The molecule has 0 aliphatic carbocycles. The normalized spacial score (nSPS) is 22.2. The van der Waals surface area contributed by atoms with Gasteiger partial charge in [-0.15, -0.1) is 0 Å². The van der Waals surface area contributed by atoms with Crippen molar-refractivity contribution >= 4 is 40.7 Å². The molecule has 0 radical (unpaired) electrons. The van der Waals surface area contributed by atoms with Crippen LogP contribution < -0.4 is 19.9 Å². The van der Waals surface area contributed by atoms with Crippen molar-refractivity contribution in [1.29, 1.82) is 0 Å². The number of hydrogen-bond acceptors (Lipinski definition) is 11. The second-order valence-electron chi connectivity index (χ2n) is 15.3. The molecule has 6 heterocycles. The van der Waals surface area contributed by atoms with E-state index in [4.69, 9.17) is 4.74 Å². The van der Waals surface area contributed by atoms with E-state index >= 15 is 4.39 Å². The number of benzene rings is 2. The third kappa shape index (κ3) is 6.25. The fraction of sp³-hybridized carbons (Fsp3) is 0.500. The molecule has 5 aliphatic rings. The van der Waals surface area contributed by atoms with E-state index in [1.165, 1.54) is 13.2 Å². The molecule has 284 valence electrons. The second kappa shape index (κ2) is 13.8. The number of nitro benzene ring substituents is 1. The number of methoxy groups -OCH3 is 1. The van der Waals surface area contributed by atoms with E-state index in [0.717, 1.165) is 92.5 Å². The molecule has 1 N–H and O–H groups in total. The lowest BCUT2D eigenvalue weighted by atomic mass is 9.72. The lowest BCUT2D eigenvalue weighted by Gasteiger charge is -2.50. The average Bonchev–Trinajstić information content (AvgIpc) is 3.70. The van der Waals surface area contributed by atoms with Crippen molar-refractivity contribution in [2.24, 2.45) is 12.5 Å². The largest absolute Gasteiger partial charge is 0.490 e. The maximum atomic E-state index is 15.8. The van der Waals surface area contributed by atoms with Crippen LogP contribution in [0.5, 0.6) is 5.75 Å². The first-order valence-corrected chi connectivity index (χ1v) is 18.6. The van der Waals surface area contributed by atoms with Crippen LogP contribution in [0.1, 0.15) is 72.1 Å². The SMILES string of the molecule is COc1cc(N2CCC(N3CCC4(CCCN(c5cc6c(cc5F)C(=O)N(C5CCC(=O)NC5=O)C6=O)C4)CC3)CC2)c(-c2cnn(C)c2)cc1[N+](=O)[O-]. The van der Waals surface area contributed by atoms with E-state index in [1.807, 2.05) is 18.1 Å². The topological polar surface area (TPSA) is 163 Å². The summed E-state index contributed by atoms with van der Waals surface area (Å²) in [6.45, 7) is 4.69. The smallest absolute Gasteiger partial charge is 0.311 e. The fourth-order valence-electron chi connectivity index (χ4n) is 9.30. The summed E-state index contributed by atoms with van der Waals surface area (Å²) in [5.74, 6) is -2.85. The number of hydrogen-bond donors (Lipinski definition) is 1. The van der Waals surface area contributed by atoms with Gasteiger partial charge < -0.3 is 19.4 Å². The van der Waals surface area contributed by atoms with Crippen molar-refractivity contribution < 1.29 is 33.2 Å². The number of nitrogens with one attached hydrogen (secondary N) is 1. The maximum Gasteiger partial charge on any atom is 0.311 e. The quantitative estimate of drug-likeness (QED) is 0.212. The third-order valence-electron chi connectivity index (χ3n) is 12.2. The molecule has 1 aromatic heterocycles. The zero-order chi connectivity index (χ0) is 37.9. The summed E-state index contributed by atoms with van der Waals surface area (Å²) < 4.78 is 22.9. The van der Waals surface area contributed by atoms with Gasteiger partial charge >= 0.3 is 5.69 Å². The molecular weight excluding hydrogens is 699 g/mol.